The monoisotopic (exact) mass is 179 g/mol. The van der Waals surface area contributed by atoms with Crippen molar-refractivity contribution >= 4 is 11.6 Å². The Morgan fingerprint density at radius 2 is 2.33 bits per heavy atom. The lowest BCUT2D eigenvalue weighted by Gasteiger charge is -1.89. The van der Waals surface area contributed by atoms with Crippen LogP contribution in [-0.4, -0.2) is 10.9 Å². The molecule has 0 radical (unpaired) electrons. The van der Waals surface area contributed by atoms with E-state index in [0.717, 1.165) is 18.4 Å². The molecule has 0 unspecified atom stereocenters. The van der Waals surface area contributed by atoms with E-state index in [1.54, 1.807) is 6.20 Å². The molecular weight excluding hydrogens is 170 g/mol. The fourth-order valence-electron chi connectivity index (χ4n) is 0.803. The molecule has 1 rings (SSSR count). The molecule has 0 spiro atoms. The van der Waals surface area contributed by atoms with Crippen LogP contribution in [-0.2, 0) is 6.42 Å². The Balaban J connectivity index is 2.40. The molecule has 0 N–H and O–H groups in total. The number of hydrogen-bond acceptors (Lipinski definition) is 1. The number of alkyl halides is 1. The first-order valence-corrected chi connectivity index (χ1v) is 4.37. The van der Waals surface area contributed by atoms with Gasteiger partial charge < -0.3 is 0 Å². The first-order valence-electron chi connectivity index (χ1n) is 3.84. The van der Waals surface area contributed by atoms with Crippen LogP contribution >= 0.6 is 11.6 Å². The number of pyridine rings is 1. The van der Waals surface area contributed by atoms with E-state index in [4.69, 9.17) is 11.6 Å². The fraction of sp³-hybridized carbons (Fsp3) is 0.300. The molecule has 1 aromatic rings. The van der Waals surface area contributed by atoms with E-state index in [1.165, 1.54) is 0 Å². The van der Waals surface area contributed by atoms with Crippen LogP contribution in [0, 0.1) is 11.8 Å². The second kappa shape index (κ2) is 5.62. The van der Waals surface area contributed by atoms with Crippen molar-refractivity contribution in [2.75, 3.05) is 5.88 Å². The first kappa shape index (κ1) is 9.09. The third-order valence-electron chi connectivity index (χ3n) is 1.36. The van der Waals surface area contributed by atoms with Gasteiger partial charge in [-0.05, 0) is 11.6 Å². The number of hydrogen-bond donors (Lipinski definition) is 0. The van der Waals surface area contributed by atoms with Crippen LogP contribution < -0.4 is 0 Å². The van der Waals surface area contributed by atoms with E-state index in [2.05, 4.69) is 16.8 Å². The van der Waals surface area contributed by atoms with Crippen molar-refractivity contribution in [3.63, 3.8) is 0 Å². The van der Waals surface area contributed by atoms with Crippen LogP contribution in [0.2, 0.25) is 0 Å². The molecule has 12 heavy (non-hydrogen) atoms. The maximum absolute atomic E-state index is 5.47. The van der Waals surface area contributed by atoms with Gasteiger partial charge in [0.25, 0.3) is 0 Å². The van der Waals surface area contributed by atoms with Gasteiger partial charge in [0.1, 0.15) is 0 Å². The van der Waals surface area contributed by atoms with Crippen molar-refractivity contribution in [3.8, 4) is 11.8 Å². The predicted molar refractivity (Wildman–Crippen MR) is 51.1 cm³/mol. The molecular formula is C10H10ClN. The van der Waals surface area contributed by atoms with Gasteiger partial charge in [-0.1, -0.05) is 12.0 Å². The van der Waals surface area contributed by atoms with Crippen LogP contribution in [0.25, 0.3) is 0 Å². The van der Waals surface area contributed by atoms with Gasteiger partial charge in [0.2, 0.25) is 0 Å². The van der Waals surface area contributed by atoms with Crippen LogP contribution in [0.5, 0.6) is 0 Å². The Morgan fingerprint density at radius 3 is 3.00 bits per heavy atom. The summed E-state index contributed by atoms with van der Waals surface area (Å²) in [6.45, 7) is 0. The Morgan fingerprint density at radius 1 is 1.42 bits per heavy atom. The fourth-order valence-corrected chi connectivity index (χ4v) is 0.897. The van der Waals surface area contributed by atoms with Crippen molar-refractivity contribution < 1.29 is 0 Å². The average molecular weight is 180 g/mol. The Hall–Kier alpha value is -1.00. The Kier molecular flexibility index (Phi) is 4.26. The summed E-state index contributed by atoms with van der Waals surface area (Å²) in [6, 6.07) is 3.93. The highest BCUT2D eigenvalue weighted by atomic mass is 35.5. The summed E-state index contributed by atoms with van der Waals surface area (Å²) < 4.78 is 0. The Labute approximate surface area is 77.8 Å². The third kappa shape index (κ3) is 3.41. The zero-order chi connectivity index (χ0) is 8.65. The highest BCUT2D eigenvalue weighted by Crippen LogP contribution is 1.95. The van der Waals surface area contributed by atoms with Gasteiger partial charge in [0.15, 0.2) is 0 Å². The number of aromatic nitrogens is 1. The van der Waals surface area contributed by atoms with Crippen LogP contribution in [0.3, 0.4) is 0 Å². The quantitative estimate of drug-likeness (QED) is 0.502. The summed E-state index contributed by atoms with van der Waals surface area (Å²) >= 11 is 5.47. The molecule has 1 nitrogen and oxygen atoms in total. The SMILES string of the molecule is ClCCC#CCc1cccnc1. The van der Waals surface area contributed by atoms with Crippen molar-refractivity contribution in [1.82, 2.24) is 4.98 Å². The van der Waals surface area contributed by atoms with Gasteiger partial charge in [-0.2, -0.15) is 0 Å². The minimum atomic E-state index is 0.611. The summed E-state index contributed by atoms with van der Waals surface area (Å²) in [6.07, 6.45) is 5.12. The maximum atomic E-state index is 5.47. The minimum Gasteiger partial charge on any atom is -0.264 e. The van der Waals surface area contributed by atoms with Gasteiger partial charge in [-0.15, -0.1) is 17.5 Å². The molecule has 0 aliphatic carbocycles. The van der Waals surface area contributed by atoms with E-state index in [-0.39, 0.29) is 0 Å². The molecule has 0 aliphatic heterocycles. The average Bonchev–Trinajstić information content (AvgIpc) is 2.14. The topological polar surface area (TPSA) is 12.9 Å². The zero-order valence-corrected chi connectivity index (χ0v) is 7.51. The summed E-state index contributed by atoms with van der Waals surface area (Å²) in [5, 5.41) is 0. The highest BCUT2D eigenvalue weighted by molar-refractivity contribution is 6.18. The van der Waals surface area contributed by atoms with E-state index in [9.17, 15) is 0 Å². The van der Waals surface area contributed by atoms with Gasteiger partial charge in [-0.3, -0.25) is 4.98 Å². The molecule has 1 aromatic heterocycles. The molecule has 2 heteroatoms. The lowest BCUT2D eigenvalue weighted by molar-refractivity contribution is 1.20. The second-order valence-electron chi connectivity index (χ2n) is 2.33. The highest BCUT2D eigenvalue weighted by Gasteiger charge is 1.85. The van der Waals surface area contributed by atoms with E-state index < -0.39 is 0 Å². The summed E-state index contributed by atoms with van der Waals surface area (Å²) in [7, 11) is 0. The normalized spacial score (nSPS) is 8.75. The summed E-state index contributed by atoms with van der Waals surface area (Å²) in [5.41, 5.74) is 1.15. The molecule has 0 saturated heterocycles. The molecule has 0 aliphatic rings. The van der Waals surface area contributed by atoms with Crippen LogP contribution in [0.1, 0.15) is 12.0 Å². The number of rotatable bonds is 2. The smallest absolute Gasteiger partial charge is 0.0355 e. The van der Waals surface area contributed by atoms with Crippen LogP contribution in [0.4, 0.5) is 0 Å². The number of halogens is 1. The van der Waals surface area contributed by atoms with Gasteiger partial charge in [0, 0.05) is 31.1 Å². The van der Waals surface area contributed by atoms with Gasteiger partial charge in [-0.25, -0.2) is 0 Å². The summed E-state index contributed by atoms with van der Waals surface area (Å²) in [5.74, 6) is 6.61. The van der Waals surface area contributed by atoms with E-state index in [0.29, 0.717) is 5.88 Å². The molecule has 0 saturated carbocycles. The summed E-state index contributed by atoms with van der Waals surface area (Å²) in [4.78, 5) is 3.99. The first-order chi connectivity index (χ1) is 5.93. The minimum absolute atomic E-state index is 0.611. The van der Waals surface area contributed by atoms with Crippen molar-refractivity contribution in [2.45, 2.75) is 12.8 Å². The second-order valence-corrected chi connectivity index (χ2v) is 2.71. The van der Waals surface area contributed by atoms with Crippen molar-refractivity contribution in [3.05, 3.63) is 30.1 Å². The van der Waals surface area contributed by atoms with E-state index >= 15 is 0 Å². The zero-order valence-electron chi connectivity index (χ0n) is 6.76. The predicted octanol–water partition coefficient (Wildman–Crippen LogP) is 2.26. The van der Waals surface area contributed by atoms with Crippen molar-refractivity contribution in [1.29, 1.82) is 0 Å². The molecule has 0 fully saturated rings. The van der Waals surface area contributed by atoms with Gasteiger partial charge >= 0.3 is 0 Å². The molecule has 0 bridgehead atoms. The number of nitrogens with zero attached hydrogens (tertiary/aromatic N) is 1. The largest absolute Gasteiger partial charge is 0.264 e. The van der Waals surface area contributed by atoms with Crippen LogP contribution in [0.15, 0.2) is 24.5 Å². The van der Waals surface area contributed by atoms with Gasteiger partial charge in [0.05, 0.1) is 0 Å². The molecule has 0 amide bonds. The molecule has 62 valence electrons. The van der Waals surface area contributed by atoms with E-state index in [1.807, 2.05) is 18.3 Å². The Bertz CT molecular complexity index is 271. The third-order valence-corrected chi connectivity index (χ3v) is 1.55. The molecule has 1 heterocycles. The lowest BCUT2D eigenvalue weighted by atomic mass is 10.2. The maximum Gasteiger partial charge on any atom is 0.0355 e. The molecule has 0 atom stereocenters. The van der Waals surface area contributed by atoms with Crippen molar-refractivity contribution in [2.24, 2.45) is 0 Å². The lowest BCUT2D eigenvalue weighted by Crippen LogP contribution is -1.81. The standard InChI is InChI=1S/C10H10ClN/c11-7-3-1-2-5-10-6-4-8-12-9-10/h4,6,8-9H,3,5,7H2. The molecule has 0 aromatic carbocycles.